The van der Waals surface area contributed by atoms with Gasteiger partial charge in [0, 0.05) is 30.8 Å². The normalized spacial score (nSPS) is 18.7. The first-order valence-electron chi connectivity index (χ1n) is 9.16. The number of pyridine rings is 1. The van der Waals surface area contributed by atoms with Crippen LogP contribution in [0.4, 0.5) is 0 Å². The molecule has 7 heteroatoms. The van der Waals surface area contributed by atoms with Crippen LogP contribution in [0.2, 0.25) is 0 Å². The SMILES string of the molecule is COCCN(C(=O)Cc1c(C)nc2ccccc2c1C)C1CCS(=O)(=O)C1. The van der Waals surface area contributed by atoms with Crippen molar-refractivity contribution in [1.29, 1.82) is 0 Å². The molecule has 1 saturated heterocycles. The highest BCUT2D eigenvalue weighted by molar-refractivity contribution is 7.91. The molecule has 146 valence electrons. The molecular weight excluding hydrogens is 364 g/mol. The van der Waals surface area contributed by atoms with Gasteiger partial charge in [0.05, 0.1) is 30.1 Å². The summed E-state index contributed by atoms with van der Waals surface area (Å²) >= 11 is 0. The summed E-state index contributed by atoms with van der Waals surface area (Å²) in [6, 6.07) is 7.62. The first kappa shape index (κ1) is 19.8. The summed E-state index contributed by atoms with van der Waals surface area (Å²) in [5.41, 5.74) is 3.73. The maximum Gasteiger partial charge on any atom is 0.227 e. The number of aromatic nitrogens is 1. The van der Waals surface area contributed by atoms with Gasteiger partial charge in [-0.1, -0.05) is 18.2 Å². The number of benzene rings is 1. The van der Waals surface area contributed by atoms with Crippen LogP contribution < -0.4 is 0 Å². The van der Waals surface area contributed by atoms with Crippen LogP contribution in [0.3, 0.4) is 0 Å². The van der Waals surface area contributed by atoms with Gasteiger partial charge in [-0.25, -0.2) is 8.42 Å². The third-order valence-electron chi connectivity index (χ3n) is 5.32. The molecule has 0 bridgehead atoms. The standard InChI is InChI=1S/C20H26N2O4S/c1-14-17-6-4-5-7-19(17)21-15(2)18(14)12-20(23)22(9-10-26-3)16-8-11-27(24,25)13-16/h4-7,16H,8-13H2,1-3H3. The van der Waals surface area contributed by atoms with Gasteiger partial charge >= 0.3 is 0 Å². The lowest BCUT2D eigenvalue weighted by molar-refractivity contribution is -0.133. The highest BCUT2D eigenvalue weighted by atomic mass is 32.2. The molecule has 0 spiro atoms. The van der Waals surface area contributed by atoms with Gasteiger partial charge in [-0.3, -0.25) is 9.78 Å². The Balaban J connectivity index is 1.88. The molecule has 1 aromatic heterocycles. The first-order valence-corrected chi connectivity index (χ1v) is 11.0. The minimum absolute atomic E-state index is 0.0381. The second-order valence-electron chi connectivity index (χ2n) is 7.13. The Morgan fingerprint density at radius 2 is 2.04 bits per heavy atom. The summed E-state index contributed by atoms with van der Waals surface area (Å²) in [6.45, 7) is 4.71. The number of aryl methyl sites for hydroxylation is 2. The highest BCUT2D eigenvalue weighted by Crippen LogP contribution is 2.25. The Morgan fingerprint density at radius 1 is 1.30 bits per heavy atom. The number of fused-ring (bicyclic) bond motifs is 1. The molecule has 1 aromatic carbocycles. The molecule has 6 nitrogen and oxygen atoms in total. The molecular formula is C20H26N2O4S. The highest BCUT2D eigenvalue weighted by Gasteiger charge is 2.34. The van der Waals surface area contributed by atoms with Gasteiger partial charge < -0.3 is 9.64 Å². The number of carbonyl (C=O) groups is 1. The van der Waals surface area contributed by atoms with E-state index in [0.29, 0.717) is 19.6 Å². The molecule has 1 aliphatic rings. The Bertz CT molecular complexity index is 956. The average Bonchev–Trinajstić information content (AvgIpc) is 2.98. The topological polar surface area (TPSA) is 76.6 Å². The van der Waals surface area contributed by atoms with Gasteiger partial charge in [0.15, 0.2) is 9.84 Å². The minimum Gasteiger partial charge on any atom is -0.383 e. The average molecular weight is 391 g/mol. The Labute approximate surface area is 160 Å². The van der Waals surface area contributed by atoms with Crippen molar-refractivity contribution in [3.8, 4) is 0 Å². The zero-order valence-electron chi connectivity index (χ0n) is 16.1. The lowest BCUT2D eigenvalue weighted by Gasteiger charge is -2.28. The van der Waals surface area contributed by atoms with Crippen molar-refractivity contribution >= 4 is 26.6 Å². The maximum atomic E-state index is 13.1. The first-order chi connectivity index (χ1) is 12.8. The molecule has 1 atom stereocenters. The quantitative estimate of drug-likeness (QED) is 0.755. The van der Waals surface area contributed by atoms with Crippen LogP contribution in [0.1, 0.15) is 23.2 Å². The number of sulfone groups is 1. The van der Waals surface area contributed by atoms with Crippen LogP contribution in [0.15, 0.2) is 24.3 Å². The van der Waals surface area contributed by atoms with Gasteiger partial charge in [-0.2, -0.15) is 0 Å². The number of hydrogen-bond donors (Lipinski definition) is 0. The van der Waals surface area contributed by atoms with Crippen LogP contribution in [-0.4, -0.2) is 62.0 Å². The Hall–Kier alpha value is -1.99. The molecule has 27 heavy (non-hydrogen) atoms. The summed E-state index contributed by atoms with van der Waals surface area (Å²) < 4.78 is 28.9. The molecule has 2 heterocycles. The zero-order chi connectivity index (χ0) is 19.6. The van der Waals surface area contributed by atoms with Gasteiger partial charge in [0.1, 0.15) is 0 Å². The van der Waals surface area contributed by atoms with Crippen molar-refractivity contribution in [3.05, 3.63) is 41.1 Å². The molecule has 1 amide bonds. The number of ether oxygens (including phenoxy) is 1. The largest absolute Gasteiger partial charge is 0.383 e. The van der Waals surface area contributed by atoms with Crippen LogP contribution in [0, 0.1) is 13.8 Å². The van der Waals surface area contributed by atoms with E-state index in [0.717, 1.165) is 27.7 Å². The molecule has 1 fully saturated rings. The monoisotopic (exact) mass is 390 g/mol. The molecule has 0 N–H and O–H groups in total. The van der Waals surface area contributed by atoms with Crippen molar-refractivity contribution in [1.82, 2.24) is 9.88 Å². The van der Waals surface area contributed by atoms with Crippen molar-refractivity contribution < 1.29 is 17.9 Å². The fourth-order valence-electron chi connectivity index (χ4n) is 3.81. The van der Waals surface area contributed by atoms with E-state index >= 15 is 0 Å². The smallest absolute Gasteiger partial charge is 0.227 e. The van der Waals surface area contributed by atoms with Crippen LogP contribution in [0.5, 0.6) is 0 Å². The Kier molecular flexibility index (Phi) is 5.81. The molecule has 1 aliphatic heterocycles. The summed E-state index contributed by atoms with van der Waals surface area (Å²) in [7, 11) is -1.49. The number of rotatable bonds is 6. The third-order valence-corrected chi connectivity index (χ3v) is 7.07. The van der Waals surface area contributed by atoms with Crippen LogP contribution in [-0.2, 0) is 25.8 Å². The summed E-state index contributed by atoms with van der Waals surface area (Å²) in [6.07, 6.45) is 0.710. The molecule has 0 radical (unpaired) electrons. The fourth-order valence-corrected chi connectivity index (χ4v) is 5.54. The second kappa shape index (κ2) is 7.94. The van der Waals surface area contributed by atoms with Crippen LogP contribution in [0.25, 0.3) is 10.9 Å². The van der Waals surface area contributed by atoms with E-state index in [1.165, 1.54) is 0 Å². The predicted octanol–water partition coefficient (Wildman–Crippen LogP) is 2.06. The van der Waals surface area contributed by atoms with E-state index in [4.69, 9.17) is 4.74 Å². The lowest BCUT2D eigenvalue weighted by Crippen LogP contribution is -2.44. The number of nitrogens with zero attached hydrogens (tertiary/aromatic N) is 2. The minimum atomic E-state index is -3.06. The van der Waals surface area contributed by atoms with Crippen molar-refractivity contribution in [3.63, 3.8) is 0 Å². The molecule has 0 saturated carbocycles. The van der Waals surface area contributed by atoms with Crippen LogP contribution >= 0.6 is 0 Å². The number of methoxy groups -OCH3 is 1. The molecule has 2 aromatic rings. The lowest BCUT2D eigenvalue weighted by atomic mass is 9.98. The summed E-state index contributed by atoms with van der Waals surface area (Å²) in [4.78, 5) is 19.4. The summed E-state index contributed by atoms with van der Waals surface area (Å²) in [5.74, 6) is 0.109. The van der Waals surface area contributed by atoms with E-state index in [1.54, 1.807) is 12.0 Å². The second-order valence-corrected chi connectivity index (χ2v) is 9.36. The van der Waals surface area contributed by atoms with Gasteiger partial charge in [0.2, 0.25) is 5.91 Å². The van der Waals surface area contributed by atoms with Gasteiger partial charge in [-0.15, -0.1) is 0 Å². The summed E-state index contributed by atoms with van der Waals surface area (Å²) in [5, 5.41) is 1.04. The number of amides is 1. The van der Waals surface area contributed by atoms with Crippen molar-refractivity contribution in [2.24, 2.45) is 0 Å². The van der Waals surface area contributed by atoms with Gasteiger partial charge in [0.25, 0.3) is 0 Å². The van der Waals surface area contributed by atoms with E-state index in [2.05, 4.69) is 4.98 Å². The van der Waals surface area contributed by atoms with E-state index in [9.17, 15) is 13.2 Å². The van der Waals surface area contributed by atoms with Crippen molar-refractivity contribution in [2.75, 3.05) is 31.8 Å². The number of hydrogen-bond acceptors (Lipinski definition) is 5. The molecule has 3 rings (SSSR count). The number of para-hydroxylation sites is 1. The molecule has 1 unspecified atom stereocenters. The third kappa shape index (κ3) is 4.30. The van der Waals surface area contributed by atoms with E-state index < -0.39 is 9.84 Å². The molecule has 0 aliphatic carbocycles. The zero-order valence-corrected chi connectivity index (χ0v) is 16.9. The van der Waals surface area contributed by atoms with E-state index in [1.807, 2.05) is 38.1 Å². The fraction of sp³-hybridized carbons (Fsp3) is 0.500. The van der Waals surface area contributed by atoms with E-state index in [-0.39, 0.29) is 29.9 Å². The van der Waals surface area contributed by atoms with Gasteiger partial charge in [-0.05, 0) is 37.5 Å². The predicted molar refractivity (Wildman–Crippen MR) is 106 cm³/mol. The number of carbonyl (C=O) groups excluding carboxylic acids is 1. The van der Waals surface area contributed by atoms with Crippen molar-refractivity contribution in [2.45, 2.75) is 32.7 Å². The Morgan fingerprint density at radius 3 is 2.70 bits per heavy atom. The maximum absolute atomic E-state index is 13.1.